The average molecular weight is 342 g/mol. The molecule has 3 nitrogen and oxygen atoms in total. The Bertz CT molecular complexity index is 956. The number of nitrogens with zero attached hydrogens (tertiary/aromatic N) is 2. The van der Waals surface area contributed by atoms with Crippen LogP contribution in [0, 0.1) is 0 Å². The molecule has 5 heteroatoms. The second-order valence-electron chi connectivity index (χ2n) is 5.62. The SMILES string of the molecule is CCSc1nc2sc3c(c2c(=O)n1CC)CCc1ccccc1-3. The third kappa shape index (κ3) is 2.25. The normalized spacial score (nSPS) is 13.1. The maximum absolute atomic E-state index is 13.0. The maximum atomic E-state index is 13.0. The predicted octanol–water partition coefficient (Wildman–Crippen LogP) is 4.36. The van der Waals surface area contributed by atoms with E-state index in [9.17, 15) is 4.79 Å². The monoisotopic (exact) mass is 342 g/mol. The van der Waals surface area contributed by atoms with Crippen molar-refractivity contribution in [1.82, 2.24) is 9.55 Å². The predicted molar refractivity (Wildman–Crippen MR) is 98.8 cm³/mol. The van der Waals surface area contributed by atoms with Gasteiger partial charge in [0.1, 0.15) is 4.83 Å². The highest BCUT2D eigenvalue weighted by Crippen LogP contribution is 2.42. The number of aryl methyl sites for hydroxylation is 2. The second kappa shape index (κ2) is 5.80. The molecule has 2 heterocycles. The van der Waals surface area contributed by atoms with Gasteiger partial charge in [0.05, 0.1) is 5.39 Å². The highest BCUT2D eigenvalue weighted by molar-refractivity contribution is 7.99. The number of hydrogen-bond donors (Lipinski definition) is 0. The zero-order chi connectivity index (χ0) is 16.0. The maximum Gasteiger partial charge on any atom is 0.263 e. The van der Waals surface area contributed by atoms with Crippen LogP contribution in [0.15, 0.2) is 34.2 Å². The van der Waals surface area contributed by atoms with Gasteiger partial charge in [-0.2, -0.15) is 0 Å². The van der Waals surface area contributed by atoms with Crippen LogP contribution >= 0.6 is 23.1 Å². The van der Waals surface area contributed by atoms with Crippen molar-refractivity contribution < 1.29 is 0 Å². The summed E-state index contributed by atoms with van der Waals surface area (Å²) < 4.78 is 1.82. The number of aromatic nitrogens is 2. The molecule has 0 spiro atoms. The van der Waals surface area contributed by atoms with E-state index in [2.05, 4.69) is 31.2 Å². The summed E-state index contributed by atoms with van der Waals surface area (Å²) in [5.41, 5.74) is 4.00. The second-order valence-corrected chi connectivity index (χ2v) is 7.85. The first-order valence-electron chi connectivity index (χ1n) is 8.01. The molecule has 1 aliphatic carbocycles. The topological polar surface area (TPSA) is 34.9 Å². The van der Waals surface area contributed by atoms with E-state index in [1.807, 2.05) is 11.5 Å². The van der Waals surface area contributed by atoms with Crippen LogP contribution in [-0.2, 0) is 19.4 Å². The smallest absolute Gasteiger partial charge is 0.263 e. The molecule has 0 fully saturated rings. The van der Waals surface area contributed by atoms with Crippen molar-refractivity contribution in [2.45, 2.75) is 38.4 Å². The molecule has 3 aromatic rings. The Morgan fingerprint density at radius 3 is 2.87 bits per heavy atom. The van der Waals surface area contributed by atoms with Crippen molar-refractivity contribution in [3.05, 3.63) is 45.7 Å². The Hall–Kier alpha value is -1.59. The number of thioether (sulfide) groups is 1. The van der Waals surface area contributed by atoms with E-state index < -0.39 is 0 Å². The van der Waals surface area contributed by atoms with Gasteiger partial charge in [0.2, 0.25) is 0 Å². The highest BCUT2D eigenvalue weighted by Gasteiger charge is 2.24. The van der Waals surface area contributed by atoms with Crippen LogP contribution in [0.4, 0.5) is 0 Å². The first-order valence-corrected chi connectivity index (χ1v) is 9.82. The van der Waals surface area contributed by atoms with E-state index in [1.54, 1.807) is 23.1 Å². The lowest BCUT2D eigenvalue weighted by molar-refractivity contribution is 0.635. The van der Waals surface area contributed by atoms with Gasteiger partial charge in [-0.1, -0.05) is 43.0 Å². The molecule has 23 heavy (non-hydrogen) atoms. The van der Waals surface area contributed by atoms with E-state index in [1.165, 1.54) is 21.6 Å². The highest BCUT2D eigenvalue weighted by atomic mass is 32.2. The average Bonchev–Trinajstić information content (AvgIpc) is 2.94. The van der Waals surface area contributed by atoms with Gasteiger partial charge in [-0.15, -0.1) is 11.3 Å². The molecule has 0 saturated carbocycles. The van der Waals surface area contributed by atoms with Crippen LogP contribution in [0.3, 0.4) is 0 Å². The number of rotatable bonds is 3. The summed E-state index contributed by atoms with van der Waals surface area (Å²) in [6.07, 6.45) is 1.94. The number of thiophene rings is 1. The molecule has 4 rings (SSSR count). The molecule has 2 aromatic heterocycles. The third-order valence-corrected chi connectivity index (χ3v) is 6.39. The Morgan fingerprint density at radius 1 is 1.26 bits per heavy atom. The minimum atomic E-state index is 0.130. The molecular weight excluding hydrogens is 324 g/mol. The van der Waals surface area contributed by atoms with Crippen LogP contribution in [0.5, 0.6) is 0 Å². The van der Waals surface area contributed by atoms with Gasteiger partial charge in [0.15, 0.2) is 5.16 Å². The summed E-state index contributed by atoms with van der Waals surface area (Å²) >= 11 is 3.32. The lowest BCUT2D eigenvalue weighted by atomic mass is 9.90. The Kier molecular flexibility index (Phi) is 3.77. The number of hydrogen-bond acceptors (Lipinski definition) is 4. The Labute approximate surface area is 143 Å². The Balaban J connectivity index is 2.04. The van der Waals surface area contributed by atoms with Crippen molar-refractivity contribution in [3.8, 4) is 10.4 Å². The third-order valence-electron chi connectivity index (χ3n) is 4.37. The van der Waals surface area contributed by atoms with E-state index in [0.717, 1.165) is 34.0 Å². The molecule has 0 N–H and O–H groups in total. The van der Waals surface area contributed by atoms with E-state index in [-0.39, 0.29) is 5.56 Å². The molecule has 0 radical (unpaired) electrons. The van der Waals surface area contributed by atoms with Gasteiger partial charge in [0.25, 0.3) is 5.56 Å². The molecule has 1 aromatic carbocycles. The molecule has 0 unspecified atom stereocenters. The van der Waals surface area contributed by atoms with E-state index >= 15 is 0 Å². The van der Waals surface area contributed by atoms with Gasteiger partial charge in [0, 0.05) is 11.4 Å². The summed E-state index contributed by atoms with van der Waals surface area (Å²) in [7, 11) is 0. The minimum Gasteiger partial charge on any atom is -0.287 e. The Morgan fingerprint density at radius 2 is 2.09 bits per heavy atom. The largest absolute Gasteiger partial charge is 0.287 e. The van der Waals surface area contributed by atoms with Crippen molar-refractivity contribution in [2.75, 3.05) is 5.75 Å². The summed E-state index contributed by atoms with van der Waals surface area (Å²) in [5.74, 6) is 0.922. The first kappa shape index (κ1) is 15.0. The van der Waals surface area contributed by atoms with Crippen LogP contribution < -0.4 is 5.56 Å². The van der Waals surface area contributed by atoms with Gasteiger partial charge in [-0.3, -0.25) is 9.36 Å². The van der Waals surface area contributed by atoms with Crippen LogP contribution in [-0.4, -0.2) is 15.3 Å². The summed E-state index contributed by atoms with van der Waals surface area (Å²) in [6.45, 7) is 4.78. The van der Waals surface area contributed by atoms with Crippen molar-refractivity contribution in [2.24, 2.45) is 0 Å². The zero-order valence-corrected chi connectivity index (χ0v) is 14.9. The molecule has 0 bridgehead atoms. The number of benzene rings is 1. The molecular formula is C18H18N2OS2. The summed E-state index contributed by atoms with van der Waals surface area (Å²) in [5, 5.41) is 1.70. The molecule has 0 aliphatic heterocycles. The van der Waals surface area contributed by atoms with E-state index in [0.29, 0.717) is 6.54 Å². The van der Waals surface area contributed by atoms with Gasteiger partial charge in [-0.05, 0) is 42.2 Å². The van der Waals surface area contributed by atoms with Crippen molar-refractivity contribution in [1.29, 1.82) is 0 Å². The van der Waals surface area contributed by atoms with Crippen LogP contribution in [0.25, 0.3) is 20.7 Å². The quantitative estimate of drug-likeness (QED) is 0.524. The fourth-order valence-electron chi connectivity index (χ4n) is 3.31. The van der Waals surface area contributed by atoms with Crippen LogP contribution in [0.2, 0.25) is 0 Å². The van der Waals surface area contributed by atoms with Gasteiger partial charge in [-0.25, -0.2) is 4.98 Å². The number of fused-ring (bicyclic) bond motifs is 5. The van der Waals surface area contributed by atoms with Crippen molar-refractivity contribution >= 4 is 33.3 Å². The first-order chi connectivity index (χ1) is 11.2. The minimum absolute atomic E-state index is 0.130. The molecule has 0 atom stereocenters. The van der Waals surface area contributed by atoms with E-state index in [4.69, 9.17) is 4.98 Å². The van der Waals surface area contributed by atoms with Crippen molar-refractivity contribution in [3.63, 3.8) is 0 Å². The fourth-order valence-corrected chi connectivity index (χ4v) is 5.43. The summed E-state index contributed by atoms with van der Waals surface area (Å²) in [6, 6.07) is 8.53. The fraction of sp³-hybridized carbons (Fsp3) is 0.333. The zero-order valence-electron chi connectivity index (χ0n) is 13.3. The molecule has 0 saturated heterocycles. The lowest BCUT2D eigenvalue weighted by Gasteiger charge is -2.16. The summed E-state index contributed by atoms with van der Waals surface area (Å²) in [4.78, 5) is 20.0. The molecule has 1 aliphatic rings. The van der Waals surface area contributed by atoms with Crippen LogP contribution in [0.1, 0.15) is 25.0 Å². The molecule has 118 valence electrons. The standard InChI is InChI=1S/C18H18N2OS2/c1-3-20-17(21)14-13-10-9-11-7-5-6-8-12(11)15(13)23-16(14)19-18(20)22-4-2/h5-8H,3-4,9-10H2,1-2H3. The lowest BCUT2D eigenvalue weighted by Crippen LogP contribution is -2.23. The van der Waals surface area contributed by atoms with Gasteiger partial charge >= 0.3 is 0 Å². The van der Waals surface area contributed by atoms with Gasteiger partial charge < -0.3 is 0 Å². The molecule has 0 amide bonds.